The molecule has 13 heavy (non-hydrogen) atoms. The van der Waals surface area contributed by atoms with Gasteiger partial charge in [0, 0.05) is 0 Å². The Morgan fingerprint density at radius 1 is 1.77 bits per heavy atom. The molecule has 1 saturated heterocycles. The summed E-state index contributed by atoms with van der Waals surface area (Å²) in [4.78, 5) is 15.2. The Balaban J connectivity index is 2.67. The monoisotopic (exact) mass is 181 g/mol. The van der Waals surface area contributed by atoms with E-state index in [2.05, 4.69) is 4.99 Å². The third-order valence-corrected chi connectivity index (χ3v) is 2.18. The van der Waals surface area contributed by atoms with Gasteiger partial charge in [-0.1, -0.05) is 0 Å². The van der Waals surface area contributed by atoms with E-state index < -0.39 is 0 Å². The van der Waals surface area contributed by atoms with E-state index in [9.17, 15) is 9.50 Å². The molecule has 0 spiro atoms. The van der Waals surface area contributed by atoms with Crippen LogP contribution in [-0.2, 0) is 14.2 Å². The van der Waals surface area contributed by atoms with Crippen LogP contribution in [0.25, 0.3) is 0 Å². The average molecular weight is 181 g/mol. The number of ketones is 1. The van der Waals surface area contributed by atoms with Crippen molar-refractivity contribution < 1.29 is 14.2 Å². The molecule has 2 unspecified atom stereocenters. The van der Waals surface area contributed by atoms with Gasteiger partial charge in [-0.05, 0) is 0 Å². The topological polar surface area (TPSA) is 55.7 Å². The molecule has 1 fully saturated rings. The van der Waals surface area contributed by atoms with Gasteiger partial charge in [0.15, 0.2) is 0 Å². The van der Waals surface area contributed by atoms with Crippen LogP contribution in [-0.4, -0.2) is 38.3 Å². The molecule has 1 aliphatic rings. The Labute approximate surface area is 77.6 Å². The van der Waals surface area contributed by atoms with Crippen LogP contribution in [0.15, 0.2) is 4.99 Å². The van der Waals surface area contributed by atoms with Crippen molar-refractivity contribution in [2.45, 2.75) is 19.4 Å². The number of carbonyl (C=O) groups is 1. The molecule has 0 aliphatic carbocycles. The third kappa shape index (κ3) is 2.55. The molecule has 5 heteroatoms. The van der Waals surface area contributed by atoms with Crippen LogP contribution in [0.2, 0.25) is 0 Å². The van der Waals surface area contributed by atoms with E-state index in [1.54, 1.807) is 0 Å². The number of hydrogen-bond donors (Lipinski definition) is 0. The van der Waals surface area contributed by atoms with Crippen LogP contribution < -0.4 is 0 Å². The zero-order chi connectivity index (χ0) is 9.68. The van der Waals surface area contributed by atoms with Gasteiger partial charge < -0.3 is 0 Å². The van der Waals surface area contributed by atoms with Crippen molar-refractivity contribution in [2.75, 3.05) is 13.2 Å². The van der Waals surface area contributed by atoms with Crippen LogP contribution in [0.4, 0.5) is 0 Å². The minimum absolute atomic E-state index is 0.0313. The summed E-state index contributed by atoms with van der Waals surface area (Å²) >= 11 is 0. The van der Waals surface area contributed by atoms with E-state index in [0.29, 0.717) is 13.8 Å². The number of hydrogen-bond acceptors (Lipinski definition) is 4. The first-order chi connectivity index (χ1) is 6.29. The Morgan fingerprint density at radius 2 is 2.54 bits per heavy atom. The molecule has 1 aliphatic heterocycles. The van der Waals surface area contributed by atoms with Crippen LogP contribution in [0.5, 0.6) is 0 Å². The second-order valence-electron chi connectivity index (χ2n) is 3.03. The molecule has 0 aromatic heterocycles. The number of aliphatic imine (C=N–C) groups is 1. The van der Waals surface area contributed by atoms with E-state index in [-0.39, 0.29) is 24.3 Å². The van der Waals surface area contributed by atoms with E-state index in [1.807, 2.05) is 6.92 Å². The van der Waals surface area contributed by atoms with Crippen molar-refractivity contribution >= 4 is 19.0 Å². The second-order valence-corrected chi connectivity index (χ2v) is 3.03. The van der Waals surface area contributed by atoms with Crippen molar-refractivity contribution in [3.8, 4) is 0 Å². The van der Waals surface area contributed by atoms with Gasteiger partial charge in [-0.3, -0.25) is 0 Å². The van der Waals surface area contributed by atoms with Crippen LogP contribution in [0.1, 0.15) is 13.3 Å². The Morgan fingerprint density at radius 3 is 3.15 bits per heavy atom. The van der Waals surface area contributed by atoms with Gasteiger partial charge in [-0.2, -0.15) is 0 Å². The Bertz CT molecular complexity index is 229. The summed E-state index contributed by atoms with van der Waals surface area (Å²) in [5.74, 6) is 0.0913. The first-order valence-electron chi connectivity index (χ1n) is 4.37. The normalized spacial score (nSPS) is 29.2. The maximum absolute atomic E-state index is 11.3. The Hall–Kier alpha value is -0.835. The van der Waals surface area contributed by atoms with Gasteiger partial charge in [0.05, 0.1) is 0 Å². The van der Waals surface area contributed by atoms with Crippen molar-refractivity contribution in [2.24, 2.45) is 10.9 Å². The quantitative estimate of drug-likeness (QED) is 0.456. The summed E-state index contributed by atoms with van der Waals surface area (Å²) in [6.07, 6.45) is 1.99. The fourth-order valence-electron chi connectivity index (χ4n) is 1.42. The summed E-state index contributed by atoms with van der Waals surface area (Å²) in [5.41, 5.74) is 0. The maximum atomic E-state index is 11.3. The molecule has 0 bridgehead atoms. The van der Waals surface area contributed by atoms with Gasteiger partial charge in [0.2, 0.25) is 0 Å². The minimum atomic E-state index is -0.371. The Kier molecular flexibility index (Phi) is 3.95. The van der Waals surface area contributed by atoms with Crippen LogP contribution >= 0.6 is 0 Å². The SMILES string of the molecule is CCC1COCC(=O)C1N=CB=O. The first-order valence-corrected chi connectivity index (χ1v) is 4.37. The molecule has 1 heterocycles. The van der Waals surface area contributed by atoms with E-state index in [4.69, 9.17) is 4.74 Å². The van der Waals surface area contributed by atoms with E-state index in [0.717, 1.165) is 12.5 Å². The summed E-state index contributed by atoms with van der Waals surface area (Å²) in [6.45, 7) is 2.66. The molecule has 2 atom stereocenters. The molecule has 0 saturated carbocycles. The molecule has 0 amide bonds. The molecule has 0 aromatic rings. The molecule has 0 N–H and O–H groups in total. The summed E-state index contributed by atoms with van der Waals surface area (Å²) in [5, 5.41) is 0. The first kappa shape index (κ1) is 10.2. The zero-order valence-electron chi connectivity index (χ0n) is 7.60. The fraction of sp³-hybridized carbons (Fsp3) is 0.750. The van der Waals surface area contributed by atoms with Crippen LogP contribution in [0.3, 0.4) is 0 Å². The fourth-order valence-corrected chi connectivity index (χ4v) is 1.42. The van der Waals surface area contributed by atoms with Crippen molar-refractivity contribution in [3.05, 3.63) is 0 Å². The summed E-state index contributed by atoms with van der Waals surface area (Å²) in [6, 6.07) is -0.371. The number of carbonyl (C=O) groups excluding carboxylic acids is 1. The van der Waals surface area contributed by atoms with E-state index in [1.165, 1.54) is 0 Å². The van der Waals surface area contributed by atoms with E-state index >= 15 is 0 Å². The standard InChI is InChI=1S/C8H12BNO3/c1-2-6-3-13-4-7(11)8(6)10-5-9-12/h5-6,8H,2-4H2,1H3. The van der Waals surface area contributed by atoms with Gasteiger partial charge in [-0.15, -0.1) is 0 Å². The summed E-state index contributed by atoms with van der Waals surface area (Å²) < 4.78 is 15.1. The summed E-state index contributed by atoms with van der Waals surface area (Å²) in [7, 11) is 0.593. The number of Topliss-reactive ketones (excluding diaryl/α,β-unsaturated/α-hetero) is 1. The number of rotatable bonds is 3. The molecule has 70 valence electrons. The van der Waals surface area contributed by atoms with Gasteiger partial charge in [-0.25, -0.2) is 0 Å². The number of ether oxygens (including phenoxy) is 1. The molecule has 0 radical (unpaired) electrons. The second kappa shape index (κ2) is 5.02. The predicted molar refractivity (Wildman–Crippen MR) is 48.3 cm³/mol. The average Bonchev–Trinajstić information content (AvgIpc) is 2.15. The van der Waals surface area contributed by atoms with Crippen molar-refractivity contribution in [1.82, 2.24) is 0 Å². The molecule has 4 nitrogen and oxygen atoms in total. The van der Waals surface area contributed by atoms with Crippen molar-refractivity contribution in [3.63, 3.8) is 0 Å². The molecule has 0 aromatic carbocycles. The van der Waals surface area contributed by atoms with Gasteiger partial charge in [0.1, 0.15) is 0 Å². The zero-order valence-corrected chi connectivity index (χ0v) is 7.60. The molecule has 1 rings (SSSR count). The van der Waals surface area contributed by atoms with Gasteiger partial charge >= 0.3 is 76.8 Å². The van der Waals surface area contributed by atoms with Crippen LogP contribution in [0, 0.1) is 5.92 Å². The van der Waals surface area contributed by atoms with Crippen molar-refractivity contribution in [1.29, 1.82) is 0 Å². The predicted octanol–water partition coefficient (Wildman–Crippen LogP) is 0.0585. The third-order valence-electron chi connectivity index (χ3n) is 2.18. The molecular weight excluding hydrogens is 169 g/mol. The number of nitrogens with zero attached hydrogens (tertiary/aromatic N) is 1. The molecular formula is C8H12BNO3. The van der Waals surface area contributed by atoms with Gasteiger partial charge in [0.25, 0.3) is 0 Å².